The van der Waals surface area contributed by atoms with Crippen LogP contribution in [0.15, 0.2) is 0 Å². The first-order valence-electron chi connectivity index (χ1n) is 6.74. The monoisotopic (exact) mass is 253 g/mol. The first-order chi connectivity index (χ1) is 8.15. The van der Waals surface area contributed by atoms with E-state index < -0.39 is 0 Å². The third-order valence-corrected chi connectivity index (χ3v) is 4.38. The van der Waals surface area contributed by atoms with Gasteiger partial charge in [0, 0.05) is 12.5 Å². The average Bonchev–Trinajstić information content (AvgIpc) is 2.87. The van der Waals surface area contributed by atoms with E-state index >= 15 is 0 Å². The summed E-state index contributed by atoms with van der Waals surface area (Å²) in [6, 6.07) is 0.539. The van der Waals surface area contributed by atoms with Crippen molar-refractivity contribution in [3.63, 3.8) is 0 Å². The van der Waals surface area contributed by atoms with Crippen LogP contribution in [0, 0.1) is 11.8 Å². The van der Waals surface area contributed by atoms with E-state index in [1.807, 2.05) is 0 Å². The Bertz CT molecular complexity index is 342. The van der Waals surface area contributed by atoms with Crippen LogP contribution < -0.4 is 5.32 Å². The standard InChI is InChI=1S/C13H23N3S/c1-9(2)8-12-15-16-13(17-12)14-10(3)11-6-4-5-7-11/h9-11H,4-8H2,1-3H3,(H,14,16). The van der Waals surface area contributed by atoms with Crippen molar-refractivity contribution >= 4 is 16.5 Å². The zero-order valence-electron chi connectivity index (χ0n) is 11.1. The van der Waals surface area contributed by atoms with Gasteiger partial charge in [-0.1, -0.05) is 38.0 Å². The fourth-order valence-corrected chi connectivity index (χ4v) is 3.56. The molecular weight excluding hydrogens is 230 g/mol. The maximum atomic E-state index is 4.24. The van der Waals surface area contributed by atoms with E-state index in [1.54, 1.807) is 11.3 Å². The van der Waals surface area contributed by atoms with Crippen LogP contribution in [0.1, 0.15) is 51.5 Å². The lowest BCUT2D eigenvalue weighted by molar-refractivity contribution is 0.481. The summed E-state index contributed by atoms with van der Waals surface area (Å²) in [5.74, 6) is 1.48. The minimum atomic E-state index is 0.539. The smallest absolute Gasteiger partial charge is 0.205 e. The van der Waals surface area contributed by atoms with Crippen molar-refractivity contribution in [2.45, 2.75) is 58.9 Å². The molecule has 4 heteroatoms. The van der Waals surface area contributed by atoms with E-state index in [1.165, 1.54) is 25.7 Å². The molecule has 1 aliphatic rings. The van der Waals surface area contributed by atoms with Gasteiger partial charge in [-0.3, -0.25) is 0 Å². The van der Waals surface area contributed by atoms with Crippen molar-refractivity contribution < 1.29 is 0 Å². The molecule has 1 atom stereocenters. The van der Waals surface area contributed by atoms with Gasteiger partial charge in [-0.15, -0.1) is 10.2 Å². The minimum Gasteiger partial charge on any atom is -0.357 e. The molecule has 1 saturated carbocycles. The summed E-state index contributed by atoms with van der Waals surface area (Å²) in [7, 11) is 0. The molecule has 0 amide bonds. The van der Waals surface area contributed by atoms with E-state index in [4.69, 9.17) is 0 Å². The number of hydrogen-bond donors (Lipinski definition) is 1. The van der Waals surface area contributed by atoms with Crippen LogP contribution in [0.25, 0.3) is 0 Å². The first kappa shape index (κ1) is 12.8. The van der Waals surface area contributed by atoms with E-state index in [2.05, 4.69) is 36.3 Å². The van der Waals surface area contributed by atoms with Crippen molar-refractivity contribution in [2.24, 2.45) is 11.8 Å². The lowest BCUT2D eigenvalue weighted by Crippen LogP contribution is -2.23. The van der Waals surface area contributed by atoms with Gasteiger partial charge in [0.2, 0.25) is 5.13 Å². The number of aromatic nitrogens is 2. The Morgan fingerprint density at radius 1 is 1.24 bits per heavy atom. The Hall–Kier alpha value is -0.640. The Labute approximate surface area is 108 Å². The fourth-order valence-electron chi connectivity index (χ4n) is 2.51. The predicted molar refractivity (Wildman–Crippen MR) is 73.5 cm³/mol. The second-order valence-electron chi connectivity index (χ2n) is 5.58. The van der Waals surface area contributed by atoms with Gasteiger partial charge in [-0.2, -0.15) is 0 Å². The molecule has 0 aromatic carbocycles. The molecule has 3 nitrogen and oxygen atoms in total. The average molecular weight is 253 g/mol. The second-order valence-corrected chi connectivity index (χ2v) is 6.64. The highest BCUT2D eigenvalue weighted by Crippen LogP contribution is 2.30. The highest BCUT2D eigenvalue weighted by molar-refractivity contribution is 7.15. The summed E-state index contributed by atoms with van der Waals surface area (Å²) < 4.78 is 0. The molecule has 0 spiro atoms. The topological polar surface area (TPSA) is 37.8 Å². The summed E-state index contributed by atoms with van der Waals surface area (Å²) in [6.45, 7) is 6.71. The summed E-state index contributed by atoms with van der Waals surface area (Å²) in [5, 5.41) is 14.2. The maximum absolute atomic E-state index is 4.24. The number of nitrogens with zero attached hydrogens (tertiary/aromatic N) is 2. The van der Waals surface area contributed by atoms with E-state index in [-0.39, 0.29) is 0 Å². The number of hydrogen-bond acceptors (Lipinski definition) is 4. The SMILES string of the molecule is CC(C)Cc1nnc(NC(C)C2CCCC2)s1. The second kappa shape index (κ2) is 5.80. The molecule has 2 rings (SSSR count). The molecule has 0 aliphatic heterocycles. The Morgan fingerprint density at radius 3 is 2.59 bits per heavy atom. The summed E-state index contributed by atoms with van der Waals surface area (Å²) >= 11 is 1.71. The molecule has 1 unspecified atom stereocenters. The third-order valence-electron chi connectivity index (χ3n) is 3.51. The largest absolute Gasteiger partial charge is 0.357 e. The molecule has 1 aromatic heterocycles. The number of rotatable bonds is 5. The Kier molecular flexibility index (Phi) is 4.37. The van der Waals surface area contributed by atoms with E-state index in [9.17, 15) is 0 Å². The van der Waals surface area contributed by atoms with Gasteiger partial charge >= 0.3 is 0 Å². The maximum Gasteiger partial charge on any atom is 0.205 e. The quantitative estimate of drug-likeness (QED) is 0.869. The van der Waals surface area contributed by atoms with Crippen molar-refractivity contribution in [2.75, 3.05) is 5.32 Å². The summed E-state index contributed by atoms with van der Waals surface area (Å²) in [4.78, 5) is 0. The van der Waals surface area contributed by atoms with Gasteiger partial charge in [0.25, 0.3) is 0 Å². The van der Waals surface area contributed by atoms with Gasteiger partial charge in [-0.05, 0) is 31.6 Å². The van der Waals surface area contributed by atoms with E-state index in [0.29, 0.717) is 12.0 Å². The van der Waals surface area contributed by atoms with Gasteiger partial charge in [0.05, 0.1) is 0 Å². The lowest BCUT2D eigenvalue weighted by atomic mass is 10.0. The van der Waals surface area contributed by atoms with Gasteiger partial charge in [0.1, 0.15) is 5.01 Å². The molecule has 96 valence electrons. The summed E-state index contributed by atoms with van der Waals surface area (Å²) in [6.07, 6.45) is 6.56. The number of anilines is 1. The molecule has 0 radical (unpaired) electrons. The third kappa shape index (κ3) is 3.66. The normalized spacial score (nSPS) is 18.8. The molecular formula is C13H23N3S. The molecule has 1 aromatic rings. The Morgan fingerprint density at radius 2 is 1.94 bits per heavy atom. The van der Waals surface area contributed by atoms with Crippen LogP contribution in [0.2, 0.25) is 0 Å². The van der Waals surface area contributed by atoms with Crippen molar-refractivity contribution in [3.8, 4) is 0 Å². The Balaban J connectivity index is 1.87. The molecule has 1 heterocycles. The van der Waals surface area contributed by atoms with Gasteiger partial charge in [-0.25, -0.2) is 0 Å². The van der Waals surface area contributed by atoms with Crippen LogP contribution in [0.5, 0.6) is 0 Å². The zero-order valence-corrected chi connectivity index (χ0v) is 11.9. The van der Waals surface area contributed by atoms with Crippen LogP contribution in [0.3, 0.4) is 0 Å². The van der Waals surface area contributed by atoms with Crippen molar-refractivity contribution in [3.05, 3.63) is 5.01 Å². The minimum absolute atomic E-state index is 0.539. The zero-order chi connectivity index (χ0) is 12.3. The molecule has 1 N–H and O–H groups in total. The molecule has 0 saturated heterocycles. The highest BCUT2D eigenvalue weighted by Gasteiger charge is 2.22. The lowest BCUT2D eigenvalue weighted by Gasteiger charge is -2.19. The fraction of sp³-hybridized carbons (Fsp3) is 0.846. The van der Waals surface area contributed by atoms with Crippen LogP contribution in [-0.2, 0) is 6.42 Å². The molecule has 17 heavy (non-hydrogen) atoms. The van der Waals surface area contributed by atoms with Crippen LogP contribution in [-0.4, -0.2) is 16.2 Å². The predicted octanol–water partition coefficient (Wildman–Crippen LogP) is 3.73. The van der Waals surface area contributed by atoms with Crippen molar-refractivity contribution in [1.29, 1.82) is 0 Å². The first-order valence-corrected chi connectivity index (χ1v) is 7.55. The van der Waals surface area contributed by atoms with Gasteiger partial charge < -0.3 is 5.32 Å². The molecule has 1 fully saturated rings. The van der Waals surface area contributed by atoms with Gasteiger partial charge in [0.15, 0.2) is 0 Å². The van der Waals surface area contributed by atoms with Crippen molar-refractivity contribution in [1.82, 2.24) is 10.2 Å². The number of nitrogens with one attached hydrogen (secondary N) is 1. The molecule has 1 aliphatic carbocycles. The van der Waals surface area contributed by atoms with Crippen LogP contribution in [0.4, 0.5) is 5.13 Å². The summed E-state index contributed by atoms with van der Waals surface area (Å²) in [5.41, 5.74) is 0. The van der Waals surface area contributed by atoms with E-state index in [0.717, 1.165) is 22.5 Å². The van der Waals surface area contributed by atoms with Crippen LogP contribution >= 0.6 is 11.3 Å². The highest BCUT2D eigenvalue weighted by atomic mass is 32.1. The molecule has 0 bridgehead atoms.